The summed E-state index contributed by atoms with van der Waals surface area (Å²) in [6.07, 6.45) is 0.656. The molecule has 0 fully saturated rings. The van der Waals surface area contributed by atoms with E-state index in [-0.39, 0.29) is 0 Å². The largest absolute Gasteiger partial charge is 0.481 e. The zero-order chi connectivity index (χ0) is 11.4. The van der Waals surface area contributed by atoms with E-state index < -0.39 is 12.6 Å². The Kier molecular flexibility index (Phi) is 3.44. The molecular formula is C11H12O4. The van der Waals surface area contributed by atoms with Crippen molar-refractivity contribution < 1.29 is 19.4 Å². The van der Waals surface area contributed by atoms with Gasteiger partial charge in [-0.2, -0.15) is 0 Å². The molecule has 4 heteroatoms. The minimum absolute atomic E-state index is 0.315. The van der Waals surface area contributed by atoms with Gasteiger partial charge in [0.15, 0.2) is 12.9 Å². The summed E-state index contributed by atoms with van der Waals surface area (Å²) in [4.78, 5) is 21.0. The number of rotatable bonds is 4. The molecule has 0 bridgehead atoms. The first kappa shape index (κ1) is 11.2. The van der Waals surface area contributed by atoms with E-state index in [1.165, 1.54) is 0 Å². The molecule has 1 N–H and O–H groups in total. The van der Waals surface area contributed by atoms with Gasteiger partial charge in [-0.3, -0.25) is 4.79 Å². The van der Waals surface area contributed by atoms with Crippen LogP contribution in [0.2, 0.25) is 0 Å². The van der Waals surface area contributed by atoms with Gasteiger partial charge in [0.25, 0.3) is 0 Å². The molecule has 0 aliphatic heterocycles. The van der Waals surface area contributed by atoms with E-state index in [1.807, 2.05) is 13.8 Å². The molecule has 0 atom stereocenters. The maximum atomic E-state index is 10.7. The van der Waals surface area contributed by atoms with Crippen LogP contribution < -0.4 is 4.74 Å². The van der Waals surface area contributed by atoms with Crippen molar-refractivity contribution in [1.82, 2.24) is 0 Å². The molecule has 0 aliphatic carbocycles. The average molecular weight is 208 g/mol. The number of hydrogen-bond donors (Lipinski definition) is 1. The number of aldehydes is 1. The summed E-state index contributed by atoms with van der Waals surface area (Å²) in [5.41, 5.74) is 2.31. The Labute approximate surface area is 87.5 Å². The van der Waals surface area contributed by atoms with Gasteiger partial charge in [0.2, 0.25) is 0 Å². The van der Waals surface area contributed by atoms with E-state index in [2.05, 4.69) is 0 Å². The van der Waals surface area contributed by atoms with E-state index in [0.717, 1.165) is 11.1 Å². The second kappa shape index (κ2) is 4.59. The predicted molar refractivity (Wildman–Crippen MR) is 54.4 cm³/mol. The second-order valence-corrected chi connectivity index (χ2v) is 3.27. The van der Waals surface area contributed by atoms with Gasteiger partial charge in [0.05, 0.1) is 5.56 Å². The van der Waals surface area contributed by atoms with Gasteiger partial charge in [-0.15, -0.1) is 0 Å². The molecule has 80 valence electrons. The van der Waals surface area contributed by atoms with Crippen molar-refractivity contribution in [3.05, 3.63) is 28.8 Å². The van der Waals surface area contributed by atoms with Crippen molar-refractivity contribution >= 4 is 12.3 Å². The third kappa shape index (κ3) is 2.80. The fourth-order valence-electron chi connectivity index (χ4n) is 1.17. The average Bonchev–Trinajstić information content (AvgIpc) is 2.19. The van der Waals surface area contributed by atoms with Crippen molar-refractivity contribution in [2.45, 2.75) is 13.8 Å². The first-order chi connectivity index (χ1) is 7.04. The molecule has 0 aromatic heterocycles. The van der Waals surface area contributed by atoms with Crippen LogP contribution >= 0.6 is 0 Å². The summed E-state index contributed by atoms with van der Waals surface area (Å²) in [7, 11) is 0. The molecule has 4 nitrogen and oxygen atoms in total. The first-order valence-corrected chi connectivity index (χ1v) is 4.45. The fourth-order valence-corrected chi connectivity index (χ4v) is 1.17. The summed E-state index contributed by atoms with van der Waals surface area (Å²) in [6.45, 7) is 3.31. The van der Waals surface area contributed by atoms with Gasteiger partial charge in [0.1, 0.15) is 5.75 Å². The van der Waals surface area contributed by atoms with Crippen LogP contribution in [-0.4, -0.2) is 24.0 Å². The highest BCUT2D eigenvalue weighted by atomic mass is 16.5. The number of aliphatic carboxylic acids is 1. The molecular weight excluding hydrogens is 196 g/mol. The number of carbonyl (C=O) groups excluding carboxylic acids is 1. The van der Waals surface area contributed by atoms with Crippen molar-refractivity contribution in [1.29, 1.82) is 0 Å². The van der Waals surface area contributed by atoms with Crippen LogP contribution in [0, 0.1) is 13.8 Å². The smallest absolute Gasteiger partial charge is 0.341 e. The van der Waals surface area contributed by atoms with Crippen LogP contribution in [0.3, 0.4) is 0 Å². The topological polar surface area (TPSA) is 63.6 Å². The number of aryl methyl sites for hydroxylation is 2. The SMILES string of the molecule is Cc1cc(C=O)c(OCC(=O)O)cc1C. The lowest BCUT2D eigenvalue weighted by Crippen LogP contribution is -2.10. The van der Waals surface area contributed by atoms with Crippen LogP contribution in [-0.2, 0) is 4.79 Å². The number of ether oxygens (including phenoxy) is 1. The zero-order valence-electron chi connectivity index (χ0n) is 8.61. The Morgan fingerprint density at radius 1 is 1.40 bits per heavy atom. The molecule has 0 spiro atoms. The van der Waals surface area contributed by atoms with Crippen LogP contribution in [0.5, 0.6) is 5.75 Å². The summed E-state index contributed by atoms with van der Waals surface area (Å²) < 4.78 is 4.99. The Bertz CT molecular complexity index is 396. The molecule has 0 radical (unpaired) electrons. The van der Waals surface area contributed by atoms with E-state index in [4.69, 9.17) is 9.84 Å². The lowest BCUT2D eigenvalue weighted by atomic mass is 10.1. The van der Waals surface area contributed by atoms with Gasteiger partial charge < -0.3 is 9.84 Å². The van der Waals surface area contributed by atoms with Gasteiger partial charge in [-0.05, 0) is 37.1 Å². The lowest BCUT2D eigenvalue weighted by molar-refractivity contribution is -0.139. The Hall–Kier alpha value is -1.84. The fraction of sp³-hybridized carbons (Fsp3) is 0.273. The predicted octanol–water partition coefficient (Wildman–Crippen LogP) is 1.58. The first-order valence-electron chi connectivity index (χ1n) is 4.45. The number of carbonyl (C=O) groups is 2. The minimum atomic E-state index is -1.06. The molecule has 0 saturated heterocycles. The van der Waals surface area contributed by atoms with E-state index >= 15 is 0 Å². The Balaban J connectivity index is 2.99. The van der Waals surface area contributed by atoms with Crippen molar-refractivity contribution in [2.75, 3.05) is 6.61 Å². The number of carboxylic acid groups (broad SMARTS) is 1. The molecule has 0 amide bonds. The molecule has 1 aromatic rings. The van der Waals surface area contributed by atoms with Crippen molar-refractivity contribution in [3.8, 4) is 5.75 Å². The highest BCUT2D eigenvalue weighted by molar-refractivity contribution is 5.80. The third-order valence-corrected chi connectivity index (χ3v) is 2.10. The number of hydrogen-bond acceptors (Lipinski definition) is 3. The molecule has 1 aromatic carbocycles. The Morgan fingerprint density at radius 2 is 2.00 bits per heavy atom. The van der Waals surface area contributed by atoms with Crippen LogP contribution in [0.1, 0.15) is 21.5 Å². The van der Waals surface area contributed by atoms with Gasteiger partial charge >= 0.3 is 5.97 Å². The maximum absolute atomic E-state index is 10.7. The monoisotopic (exact) mass is 208 g/mol. The molecule has 15 heavy (non-hydrogen) atoms. The number of carboxylic acids is 1. The molecule has 0 heterocycles. The normalized spacial score (nSPS) is 9.73. The molecule has 0 aliphatic rings. The summed E-state index contributed by atoms with van der Waals surface area (Å²) in [6, 6.07) is 3.35. The van der Waals surface area contributed by atoms with Crippen molar-refractivity contribution in [2.24, 2.45) is 0 Å². The maximum Gasteiger partial charge on any atom is 0.341 e. The van der Waals surface area contributed by atoms with Gasteiger partial charge in [-0.25, -0.2) is 4.79 Å². The van der Waals surface area contributed by atoms with Crippen LogP contribution in [0.25, 0.3) is 0 Å². The Morgan fingerprint density at radius 3 is 2.53 bits per heavy atom. The van der Waals surface area contributed by atoms with Crippen molar-refractivity contribution in [3.63, 3.8) is 0 Å². The molecule has 0 unspecified atom stereocenters. The highest BCUT2D eigenvalue weighted by Gasteiger charge is 2.07. The minimum Gasteiger partial charge on any atom is -0.481 e. The zero-order valence-corrected chi connectivity index (χ0v) is 8.61. The van der Waals surface area contributed by atoms with Crippen LogP contribution in [0.15, 0.2) is 12.1 Å². The van der Waals surface area contributed by atoms with Gasteiger partial charge in [-0.1, -0.05) is 0 Å². The highest BCUT2D eigenvalue weighted by Crippen LogP contribution is 2.21. The standard InChI is InChI=1S/C11H12O4/c1-7-3-9(5-12)10(4-8(7)2)15-6-11(13)14/h3-5H,6H2,1-2H3,(H,13,14). The summed E-state index contributed by atoms with van der Waals surface area (Å²) in [5, 5.41) is 8.45. The molecule has 0 saturated carbocycles. The summed E-state index contributed by atoms with van der Waals surface area (Å²) in [5.74, 6) is -0.749. The van der Waals surface area contributed by atoms with E-state index in [1.54, 1.807) is 12.1 Å². The molecule has 1 rings (SSSR count). The van der Waals surface area contributed by atoms with Crippen LogP contribution in [0.4, 0.5) is 0 Å². The van der Waals surface area contributed by atoms with E-state index in [9.17, 15) is 9.59 Å². The second-order valence-electron chi connectivity index (χ2n) is 3.27. The number of benzene rings is 1. The summed E-state index contributed by atoms with van der Waals surface area (Å²) >= 11 is 0. The quantitative estimate of drug-likeness (QED) is 0.763. The lowest BCUT2D eigenvalue weighted by Gasteiger charge is -2.09. The van der Waals surface area contributed by atoms with E-state index in [0.29, 0.717) is 17.6 Å². The third-order valence-electron chi connectivity index (χ3n) is 2.10. The van der Waals surface area contributed by atoms with Gasteiger partial charge in [0, 0.05) is 0 Å².